The summed E-state index contributed by atoms with van der Waals surface area (Å²) in [6.45, 7) is 3.98. The molecule has 5 heteroatoms. The lowest BCUT2D eigenvalue weighted by Gasteiger charge is -2.26. The Kier molecular flexibility index (Phi) is 11.2. The molecule has 0 amide bonds. The van der Waals surface area contributed by atoms with Gasteiger partial charge in [0.1, 0.15) is 0 Å². The predicted molar refractivity (Wildman–Crippen MR) is 73.2 cm³/mol. The Balaban J connectivity index is 3.88. The third kappa shape index (κ3) is 7.89. The molecule has 0 bridgehead atoms. The van der Waals surface area contributed by atoms with Gasteiger partial charge in [-0.3, -0.25) is 0 Å². The second-order valence-electron chi connectivity index (χ2n) is 4.21. The van der Waals surface area contributed by atoms with Gasteiger partial charge in [-0.1, -0.05) is 19.8 Å². The first-order valence-corrected chi connectivity index (χ1v) is 8.56. The number of hydrogen-bond acceptors (Lipinski definition) is 4. The molecule has 0 rings (SSSR count). The standard InChI is InChI=1S/C12H29NO3Si/c1-5-6-8-11-16-17(14-3,15-4)12-9-7-10-13-2/h13H,5-12H2,1-4H3. The summed E-state index contributed by atoms with van der Waals surface area (Å²) in [7, 11) is 3.00. The molecule has 0 spiro atoms. The number of rotatable bonds is 12. The molecule has 4 nitrogen and oxygen atoms in total. The first kappa shape index (κ1) is 17.1. The maximum absolute atomic E-state index is 5.88. The molecular weight excluding hydrogens is 234 g/mol. The number of hydrogen-bond donors (Lipinski definition) is 1. The van der Waals surface area contributed by atoms with Gasteiger partial charge in [0.25, 0.3) is 0 Å². The third-order valence-corrected chi connectivity index (χ3v) is 5.71. The van der Waals surface area contributed by atoms with Gasteiger partial charge in [-0.05, 0) is 32.9 Å². The Hall–Kier alpha value is 0.0569. The Morgan fingerprint density at radius 2 is 1.71 bits per heavy atom. The van der Waals surface area contributed by atoms with Crippen LogP contribution >= 0.6 is 0 Å². The van der Waals surface area contributed by atoms with E-state index in [0.717, 1.165) is 38.5 Å². The van der Waals surface area contributed by atoms with Crippen molar-refractivity contribution in [1.29, 1.82) is 0 Å². The van der Waals surface area contributed by atoms with E-state index in [0.29, 0.717) is 0 Å². The smallest absolute Gasteiger partial charge is 0.377 e. The van der Waals surface area contributed by atoms with Crippen LogP contribution < -0.4 is 5.32 Å². The van der Waals surface area contributed by atoms with Crippen LogP contribution in [0.1, 0.15) is 39.0 Å². The molecule has 0 radical (unpaired) electrons. The van der Waals surface area contributed by atoms with Gasteiger partial charge in [0.2, 0.25) is 0 Å². The van der Waals surface area contributed by atoms with E-state index >= 15 is 0 Å². The van der Waals surface area contributed by atoms with E-state index in [1.54, 1.807) is 14.2 Å². The van der Waals surface area contributed by atoms with Crippen molar-refractivity contribution < 1.29 is 13.3 Å². The van der Waals surface area contributed by atoms with Crippen molar-refractivity contribution in [3.63, 3.8) is 0 Å². The molecule has 0 aliphatic heterocycles. The van der Waals surface area contributed by atoms with Gasteiger partial charge in [-0.15, -0.1) is 0 Å². The minimum Gasteiger partial charge on any atom is -0.377 e. The second-order valence-corrected chi connectivity index (χ2v) is 7.18. The van der Waals surface area contributed by atoms with Crippen LogP contribution in [0.15, 0.2) is 0 Å². The van der Waals surface area contributed by atoms with E-state index in [9.17, 15) is 0 Å². The molecule has 0 fully saturated rings. The van der Waals surface area contributed by atoms with Crippen molar-refractivity contribution in [2.45, 2.75) is 45.1 Å². The fourth-order valence-corrected chi connectivity index (χ4v) is 3.79. The van der Waals surface area contributed by atoms with Crippen molar-refractivity contribution in [2.24, 2.45) is 0 Å². The fraction of sp³-hybridized carbons (Fsp3) is 1.00. The molecule has 0 heterocycles. The highest BCUT2D eigenvalue weighted by atomic mass is 28.4. The summed E-state index contributed by atoms with van der Waals surface area (Å²) in [6, 6.07) is 0.911. The predicted octanol–water partition coefficient (Wildman–Crippen LogP) is 2.42. The van der Waals surface area contributed by atoms with E-state index in [4.69, 9.17) is 13.3 Å². The lowest BCUT2D eigenvalue weighted by molar-refractivity contribution is 0.0957. The van der Waals surface area contributed by atoms with Crippen LogP contribution in [-0.4, -0.2) is 43.2 Å². The molecule has 0 aliphatic carbocycles. The van der Waals surface area contributed by atoms with E-state index in [-0.39, 0.29) is 0 Å². The molecule has 0 saturated heterocycles. The summed E-state index contributed by atoms with van der Waals surface area (Å²) in [5.74, 6) is 0. The second kappa shape index (κ2) is 11.2. The van der Waals surface area contributed by atoms with Crippen molar-refractivity contribution >= 4 is 8.80 Å². The van der Waals surface area contributed by atoms with Crippen LogP contribution in [0.5, 0.6) is 0 Å². The first-order valence-electron chi connectivity index (χ1n) is 6.63. The van der Waals surface area contributed by atoms with Gasteiger partial charge >= 0.3 is 8.80 Å². The monoisotopic (exact) mass is 263 g/mol. The van der Waals surface area contributed by atoms with E-state index in [1.165, 1.54) is 12.8 Å². The third-order valence-electron chi connectivity index (χ3n) is 2.85. The van der Waals surface area contributed by atoms with Crippen LogP contribution in [0.2, 0.25) is 6.04 Å². The molecule has 0 atom stereocenters. The summed E-state index contributed by atoms with van der Waals surface area (Å²) in [5, 5.41) is 3.14. The molecule has 0 saturated carbocycles. The van der Waals surface area contributed by atoms with Gasteiger partial charge in [0.15, 0.2) is 0 Å². The van der Waals surface area contributed by atoms with Gasteiger partial charge < -0.3 is 18.6 Å². The highest BCUT2D eigenvalue weighted by Crippen LogP contribution is 2.17. The maximum atomic E-state index is 5.88. The van der Waals surface area contributed by atoms with Crippen molar-refractivity contribution in [3.05, 3.63) is 0 Å². The molecule has 0 aromatic rings. The molecule has 104 valence electrons. The van der Waals surface area contributed by atoms with E-state index in [2.05, 4.69) is 12.2 Å². The van der Waals surface area contributed by atoms with Crippen molar-refractivity contribution in [3.8, 4) is 0 Å². The lowest BCUT2D eigenvalue weighted by atomic mass is 10.3. The molecule has 0 aromatic heterocycles. The Labute approximate surface area is 107 Å². The zero-order valence-electron chi connectivity index (χ0n) is 11.9. The minimum absolute atomic E-state index is 0.758. The van der Waals surface area contributed by atoms with Gasteiger partial charge in [0, 0.05) is 26.9 Å². The van der Waals surface area contributed by atoms with Gasteiger partial charge in [-0.25, -0.2) is 0 Å². The van der Waals surface area contributed by atoms with Crippen LogP contribution in [0.4, 0.5) is 0 Å². The van der Waals surface area contributed by atoms with Gasteiger partial charge in [0.05, 0.1) is 0 Å². The SMILES string of the molecule is CCCCCO[Si](CCCCNC)(OC)OC. The van der Waals surface area contributed by atoms with Crippen molar-refractivity contribution in [1.82, 2.24) is 5.32 Å². The van der Waals surface area contributed by atoms with Crippen LogP contribution in [0, 0.1) is 0 Å². The van der Waals surface area contributed by atoms with Crippen molar-refractivity contribution in [2.75, 3.05) is 34.4 Å². The summed E-state index contributed by atoms with van der Waals surface area (Å²) in [4.78, 5) is 0. The molecule has 0 unspecified atom stereocenters. The topological polar surface area (TPSA) is 39.7 Å². The lowest BCUT2D eigenvalue weighted by Crippen LogP contribution is -2.44. The molecular formula is C12H29NO3Si. The number of unbranched alkanes of at least 4 members (excludes halogenated alkanes) is 3. The first-order chi connectivity index (χ1) is 8.24. The van der Waals surface area contributed by atoms with Crippen LogP contribution in [0.25, 0.3) is 0 Å². The fourth-order valence-electron chi connectivity index (χ4n) is 1.70. The molecule has 1 N–H and O–H groups in total. The summed E-state index contributed by atoms with van der Waals surface area (Å²) < 4.78 is 16.9. The summed E-state index contributed by atoms with van der Waals surface area (Å²) >= 11 is 0. The Bertz CT molecular complexity index is 152. The zero-order valence-corrected chi connectivity index (χ0v) is 12.9. The summed E-state index contributed by atoms with van der Waals surface area (Å²) in [6.07, 6.45) is 5.73. The maximum Gasteiger partial charge on any atom is 0.500 e. The molecule has 0 aliphatic rings. The van der Waals surface area contributed by atoms with E-state index in [1.807, 2.05) is 7.05 Å². The highest BCUT2D eigenvalue weighted by molar-refractivity contribution is 6.60. The minimum atomic E-state index is -2.37. The molecule has 17 heavy (non-hydrogen) atoms. The number of nitrogens with one attached hydrogen (secondary N) is 1. The Morgan fingerprint density at radius 3 is 2.24 bits per heavy atom. The zero-order chi connectivity index (χ0) is 13.0. The van der Waals surface area contributed by atoms with Gasteiger partial charge in [-0.2, -0.15) is 0 Å². The quantitative estimate of drug-likeness (QED) is 0.434. The van der Waals surface area contributed by atoms with E-state index < -0.39 is 8.80 Å². The summed E-state index contributed by atoms with van der Waals surface area (Å²) in [5.41, 5.74) is 0. The normalized spacial score (nSPS) is 12.0. The Morgan fingerprint density at radius 1 is 1.00 bits per heavy atom. The largest absolute Gasteiger partial charge is 0.500 e. The van der Waals surface area contributed by atoms with Crippen LogP contribution in [0.3, 0.4) is 0 Å². The molecule has 0 aromatic carbocycles. The van der Waals surface area contributed by atoms with Crippen LogP contribution in [-0.2, 0) is 13.3 Å². The highest BCUT2D eigenvalue weighted by Gasteiger charge is 2.37. The average molecular weight is 263 g/mol. The average Bonchev–Trinajstić information content (AvgIpc) is 2.37.